The average molecular weight is 330 g/mol. The summed E-state index contributed by atoms with van der Waals surface area (Å²) in [6.45, 7) is 0.268. The van der Waals surface area contributed by atoms with Gasteiger partial charge in [-0.1, -0.05) is 30.3 Å². The molecule has 0 fully saturated rings. The third-order valence-corrected chi connectivity index (χ3v) is 3.39. The molecule has 1 aromatic carbocycles. The zero-order valence-electron chi connectivity index (χ0n) is 12.8. The Morgan fingerprint density at radius 2 is 2.12 bits per heavy atom. The first kappa shape index (κ1) is 17.5. The number of nitrogens with zero attached hydrogens (tertiary/aromatic N) is 2. The SMILES string of the molecule is N#Cc1[nH]ncc1C(O)C(O)CCNC(=O)OCc1ccccc1. The maximum absolute atomic E-state index is 11.6. The van der Waals surface area contributed by atoms with Gasteiger partial charge in [0, 0.05) is 12.1 Å². The van der Waals surface area contributed by atoms with Gasteiger partial charge in [0.2, 0.25) is 0 Å². The molecular weight excluding hydrogens is 312 g/mol. The molecule has 0 spiro atoms. The predicted molar refractivity (Wildman–Crippen MR) is 83.5 cm³/mol. The summed E-state index contributed by atoms with van der Waals surface area (Å²) in [6, 6.07) is 11.1. The first-order valence-electron chi connectivity index (χ1n) is 7.36. The molecule has 1 amide bonds. The zero-order chi connectivity index (χ0) is 17.4. The number of carbonyl (C=O) groups is 1. The quantitative estimate of drug-likeness (QED) is 0.599. The van der Waals surface area contributed by atoms with E-state index < -0.39 is 18.3 Å². The van der Waals surface area contributed by atoms with E-state index in [2.05, 4.69) is 15.5 Å². The van der Waals surface area contributed by atoms with E-state index in [4.69, 9.17) is 10.00 Å². The van der Waals surface area contributed by atoms with Crippen molar-refractivity contribution in [3.05, 3.63) is 53.3 Å². The largest absolute Gasteiger partial charge is 0.445 e. The third kappa shape index (κ3) is 4.81. The highest BCUT2D eigenvalue weighted by Gasteiger charge is 2.22. The van der Waals surface area contributed by atoms with E-state index >= 15 is 0 Å². The number of aliphatic hydroxyl groups excluding tert-OH is 2. The van der Waals surface area contributed by atoms with Crippen molar-refractivity contribution in [1.29, 1.82) is 5.26 Å². The fraction of sp³-hybridized carbons (Fsp3) is 0.312. The van der Waals surface area contributed by atoms with Gasteiger partial charge in [0.15, 0.2) is 0 Å². The van der Waals surface area contributed by atoms with Crippen LogP contribution in [0.4, 0.5) is 4.79 Å². The van der Waals surface area contributed by atoms with Gasteiger partial charge in [0.25, 0.3) is 0 Å². The van der Waals surface area contributed by atoms with Crippen molar-refractivity contribution in [2.75, 3.05) is 6.54 Å². The lowest BCUT2D eigenvalue weighted by molar-refractivity contribution is 0.0135. The lowest BCUT2D eigenvalue weighted by atomic mass is 10.0. The van der Waals surface area contributed by atoms with Crippen LogP contribution in [0.1, 0.15) is 29.3 Å². The summed E-state index contributed by atoms with van der Waals surface area (Å²) in [5.41, 5.74) is 1.18. The fourth-order valence-electron chi connectivity index (χ4n) is 2.07. The summed E-state index contributed by atoms with van der Waals surface area (Å²) in [5, 5.41) is 37.4. The first-order valence-corrected chi connectivity index (χ1v) is 7.36. The van der Waals surface area contributed by atoms with Gasteiger partial charge in [-0.3, -0.25) is 5.10 Å². The van der Waals surface area contributed by atoms with Crippen molar-refractivity contribution < 1.29 is 19.7 Å². The van der Waals surface area contributed by atoms with Crippen molar-refractivity contribution in [1.82, 2.24) is 15.5 Å². The van der Waals surface area contributed by atoms with Crippen LogP contribution in [-0.2, 0) is 11.3 Å². The molecule has 8 heteroatoms. The molecule has 2 aromatic rings. The van der Waals surface area contributed by atoms with E-state index in [1.54, 1.807) is 0 Å². The van der Waals surface area contributed by atoms with Crippen LogP contribution in [-0.4, -0.2) is 39.2 Å². The Labute approximate surface area is 138 Å². The standard InChI is InChI=1S/C16H18N4O4/c17-8-13-12(9-19-20-13)15(22)14(21)6-7-18-16(23)24-10-11-4-2-1-3-5-11/h1-5,9,14-15,21-22H,6-7,10H2,(H,18,23)(H,19,20). The Balaban J connectivity index is 1.71. The average Bonchev–Trinajstić information content (AvgIpc) is 3.08. The van der Waals surface area contributed by atoms with E-state index in [1.165, 1.54) is 6.20 Å². The molecule has 2 atom stereocenters. The molecular formula is C16H18N4O4. The molecule has 24 heavy (non-hydrogen) atoms. The summed E-state index contributed by atoms with van der Waals surface area (Å²) in [7, 11) is 0. The van der Waals surface area contributed by atoms with Gasteiger partial charge in [-0.05, 0) is 12.0 Å². The molecule has 0 saturated heterocycles. The summed E-state index contributed by atoms with van der Waals surface area (Å²) in [6.07, 6.45) is -1.64. The topological polar surface area (TPSA) is 131 Å². The number of rotatable bonds is 7. The van der Waals surface area contributed by atoms with E-state index in [1.807, 2.05) is 36.4 Å². The number of hydrogen-bond acceptors (Lipinski definition) is 6. The van der Waals surface area contributed by atoms with Crippen molar-refractivity contribution in [3.63, 3.8) is 0 Å². The fourth-order valence-corrected chi connectivity index (χ4v) is 2.07. The molecule has 1 aromatic heterocycles. The number of carbonyl (C=O) groups excluding carboxylic acids is 1. The van der Waals surface area contributed by atoms with Crippen molar-refractivity contribution >= 4 is 6.09 Å². The molecule has 2 unspecified atom stereocenters. The minimum absolute atomic E-state index is 0.0942. The molecule has 4 N–H and O–H groups in total. The molecule has 126 valence electrons. The summed E-state index contributed by atoms with van der Waals surface area (Å²) in [5.74, 6) is 0. The molecule has 0 saturated carbocycles. The zero-order valence-corrected chi connectivity index (χ0v) is 12.8. The van der Waals surface area contributed by atoms with Crippen LogP contribution in [0.3, 0.4) is 0 Å². The van der Waals surface area contributed by atoms with Crippen LogP contribution in [0, 0.1) is 11.3 Å². The van der Waals surface area contributed by atoms with Gasteiger partial charge in [-0.15, -0.1) is 0 Å². The van der Waals surface area contributed by atoms with Gasteiger partial charge < -0.3 is 20.3 Å². The number of H-pyrrole nitrogens is 1. The lowest BCUT2D eigenvalue weighted by Gasteiger charge is -2.17. The molecule has 0 bridgehead atoms. The number of ether oxygens (including phenoxy) is 1. The Hall–Kier alpha value is -2.89. The van der Waals surface area contributed by atoms with Gasteiger partial charge in [-0.2, -0.15) is 10.4 Å². The number of amides is 1. The molecule has 0 aliphatic heterocycles. The second-order valence-corrected chi connectivity index (χ2v) is 5.10. The minimum Gasteiger partial charge on any atom is -0.445 e. The smallest absolute Gasteiger partial charge is 0.407 e. The number of benzene rings is 1. The van der Waals surface area contributed by atoms with E-state index in [-0.39, 0.29) is 30.8 Å². The molecule has 0 aliphatic rings. The van der Waals surface area contributed by atoms with Gasteiger partial charge >= 0.3 is 6.09 Å². The Morgan fingerprint density at radius 3 is 2.83 bits per heavy atom. The van der Waals surface area contributed by atoms with Crippen LogP contribution >= 0.6 is 0 Å². The number of aliphatic hydroxyl groups is 2. The monoisotopic (exact) mass is 330 g/mol. The first-order chi connectivity index (χ1) is 11.6. The normalized spacial score (nSPS) is 12.9. The van der Waals surface area contributed by atoms with Crippen LogP contribution in [0.2, 0.25) is 0 Å². The number of alkyl carbamates (subject to hydrolysis) is 1. The predicted octanol–water partition coefficient (Wildman–Crippen LogP) is 0.992. The second kappa shape index (κ2) is 8.67. The van der Waals surface area contributed by atoms with Gasteiger partial charge in [0.1, 0.15) is 24.5 Å². The summed E-state index contributed by atoms with van der Waals surface area (Å²) >= 11 is 0. The number of hydrogen-bond donors (Lipinski definition) is 4. The molecule has 2 rings (SSSR count). The Kier molecular flexibility index (Phi) is 6.31. The number of nitriles is 1. The van der Waals surface area contributed by atoms with Crippen LogP contribution in [0.25, 0.3) is 0 Å². The maximum Gasteiger partial charge on any atom is 0.407 e. The summed E-state index contributed by atoms with van der Waals surface area (Å²) < 4.78 is 5.03. The highest BCUT2D eigenvalue weighted by atomic mass is 16.5. The molecule has 0 radical (unpaired) electrons. The minimum atomic E-state index is -1.26. The highest BCUT2D eigenvalue weighted by molar-refractivity contribution is 5.67. The van der Waals surface area contributed by atoms with Crippen LogP contribution < -0.4 is 5.32 Å². The van der Waals surface area contributed by atoms with Gasteiger partial charge in [-0.25, -0.2) is 4.79 Å². The number of aromatic amines is 1. The van der Waals surface area contributed by atoms with Crippen LogP contribution in [0.5, 0.6) is 0 Å². The Morgan fingerprint density at radius 1 is 1.38 bits per heavy atom. The van der Waals surface area contributed by atoms with Crippen molar-refractivity contribution in [2.45, 2.75) is 25.2 Å². The number of aromatic nitrogens is 2. The molecule has 1 heterocycles. The van der Waals surface area contributed by atoms with E-state index in [0.29, 0.717) is 0 Å². The maximum atomic E-state index is 11.6. The lowest BCUT2D eigenvalue weighted by Crippen LogP contribution is -2.29. The van der Waals surface area contributed by atoms with Crippen molar-refractivity contribution in [2.24, 2.45) is 0 Å². The molecule has 8 nitrogen and oxygen atoms in total. The van der Waals surface area contributed by atoms with E-state index in [9.17, 15) is 15.0 Å². The van der Waals surface area contributed by atoms with Crippen LogP contribution in [0.15, 0.2) is 36.5 Å². The third-order valence-electron chi connectivity index (χ3n) is 3.39. The van der Waals surface area contributed by atoms with Gasteiger partial charge in [0.05, 0.1) is 12.3 Å². The Bertz CT molecular complexity index is 696. The molecule has 0 aliphatic carbocycles. The number of nitrogens with one attached hydrogen (secondary N) is 2. The second-order valence-electron chi connectivity index (χ2n) is 5.10. The highest BCUT2D eigenvalue weighted by Crippen LogP contribution is 2.20. The van der Waals surface area contributed by atoms with E-state index in [0.717, 1.165) is 5.56 Å². The van der Waals surface area contributed by atoms with Crippen molar-refractivity contribution in [3.8, 4) is 6.07 Å². The summed E-state index contributed by atoms with van der Waals surface area (Å²) in [4.78, 5) is 11.6.